The summed E-state index contributed by atoms with van der Waals surface area (Å²) in [6.07, 6.45) is 1.96. The molecule has 0 spiro atoms. The van der Waals surface area contributed by atoms with E-state index in [1.807, 2.05) is 20.8 Å². The van der Waals surface area contributed by atoms with Crippen LogP contribution in [0.15, 0.2) is 53.5 Å². The maximum atomic E-state index is 12.5. The molecule has 0 aliphatic rings. The number of rotatable bonds is 5. The maximum absolute atomic E-state index is 12.5. The number of hydrogen-bond acceptors (Lipinski definition) is 5. The zero-order valence-electron chi connectivity index (χ0n) is 14.6. The fourth-order valence-corrected chi connectivity index (χ4v) is 2.16. The molecule has 0 bridgehead atoms. The van der Waals surface area contributed by atoms with Crippen molar-refractivity contribution in [3.8, 4) is 11.5 Å². The molecule has 2 N–H and O–H groups in total. The third kappa shape index (κ3) is 6.97. The Morgan fingerprint density at radius 3 is 2.04 bits per heavy atom. The molecule has 5 nitrogen and oxygen atoms in total. The number of benzene rings is 2. The summed E-state index contributed by atoms with van der Waals surface area (Å²) in [5, 5.41) is 18.7. The van der Waals surface area contributed by atoms with Crippen molar-refractivity contribution < 1.29 is 19.7 Å². The molecular formula is C21H27NO4. The van der Waals surface area contributed by atoms with Crippen molar-refractivity contribution in [2.24, 2.45) is 4.99 Å². The van der Waals surface area contributed by atoms with Gasteiger partial charge in [0.15, 0.2) is 6.04 Å². The van der Waals surface area contributed by atoms with Crippen molar-refractivity contribution in [2.75, 3.05) is 0 Å². The van der Waals surface area contributed by atoms with Crippen LogP contribution in [0.1, 0.15) is 39.3 Å². The molecule has 5 heteroatoms. The number of aromatic hydroxyl groups is 2. The van der Waals surface area contributed by atoms with Gasteiger partial charge in [0.2, 0.25) is 0 Å². The van der Waals surface area contributed by atoms with E-state index >= 15 is 0 Å². The van der Waals surface area contributed by atoms with Crippen molar-refractivity contribution in [3.63, 3.8) is 0 Å². The van der Waals surface area contributed by atoms with Crippen LogP contribution in [-0.2, 0) is 16.0 Å². The summed E-state index contributed by atoms with van der Waals surface area (Å²) < 4.78 is 5.46. The first kappa shape index (κ1) is 21.2. The highest BCUT2D eigenvalue weighted by Crippen LogP contribution is 2.16. The van der Waals surface area contributed by atoms with Gasteiger partial charge in [0.1, 0.15) is 17.1 Å². The summed E-state index contributed by atoms with van der Waals surface area (Å²) in [7, 11) is 0. The standard InChI is InChI=1S/C20H23NO4.CH4/c1-20(2,3)25-19(24)18(12-14-4-8-16(22)9-5-14)21-13-15-6-10-17(23)11-7-15;/h4-11,13,18,22-23H,12H2,1-3H3;1H4/t18-;/m0./s1. The molecule has 0 fully saturated rings. The molecule has 2 rings (SSSR count). The first-order valence-corrected chi connectivity index (χ1v) is 8.06. The van der Waals surface area contributed by atoms with Gasteiger partial charge in [-0.05, 0) is 68.3 Å². The Hall–Kier alpha value is -2.82. The Bertz CT molecular complexity index is 728. The molecule has 2 aromatic rings. The van der Waals surface area contributed by atoms with Gasteiger partial charge >= 0.3 is 5.97 Å². The SMILES string of the molecule is C.CC(C)(C)OC(=O)[C@H](Cc1ccc(O)cc1)N=Cc1ccc(O)cc1. The molecule has 26 heavy (non-hydrogen) atoms. The van der Waals surface area contributed by atoms with Crippen LogP contribution in [0.4, 0.5) is 0 Å². The quantitative estimate of drug-likeness (QED) is 0.623. The van der Waals surface area contributed by atoms with Gasteiger partial charge in [-0.2, -0.15) is 0 Å². The van der Waals surface area contributed by atoms with Crippen molar-refractivity contribution in [1.82, 2.24) is 0 Å². The summed E-state index contributed by atoms with van der Waals surface area (Å²) in [6.45, 7) is 5.44. The summed E-state index contributed by atoms with van der Waals surface area (Å²) in [6, 6.07) is 12.5. The molecular weight excluding hydrogens is 330 g/mol. The molecule has 0 radical (unpaired) electrons. The molecule has 1 atom stereocenters. The molecule has 0 heterocycles. The molecule has 0 aromatic heterocycles. The van der Waals surface area contributed by atoms with Gasteiger partial charge in [0, 0.05) is 12.6 Å². The van der Waals surface area contributed by atoms with E-state index in [0.29, 0.717) is 6.42 Å². The van der Waals surface area contributed by atoms with E-state index in [1.165, 1.54) is 0 Å². The molecule has 0 aliphatic carbocycles. The van der Waals surface area contributed by atoms with Crippen LogP contribution in [0.2, 0.25) is 0 Å². The van der Waals surface area contributed by atoms with Crippen LogP contribution in [0.25, 0.3) is 0 Å². The van der Waals surface area contributed by atoms with E-state index in [2.05, 4.69) is 4.99 Å². The molecule has 0 amide bonds. The van der Waals surface area contributed by atoms with Gasteiger partial charge in [0.25, 0.3) is 0 Å². The lowest BCUT2D eigenvalue weighted by Crippen LogP contribution is -2.32. The highest BCUT2D eigenvalue weighted by atomic mass is 16.6. The first-order valence-electron chi connectivity index (χ1n) is 8.06. The topological polar surface area (TPSA) is 79.1 Å². The first-order chi connectivity index (χ1) is 11.7. The van der Waals surface area contributed by atoms with Gasteiger partial charge in [-0.1, -0.05) is 19.6 Å². The van der Waals surface area contributed by atoms with Crippen molar-refractivity contribution in [2.45, 2.75) is 46.3 Å². The maximum Gasteiger partial charge on any atom is 0.331 e. The second-order valence-corrected chi connectivity index (χ2v) is 6.79. The highest BCUT2D eigenvalue weighted by molar-refractivity contribution is 5.84. The fourth-order valence-electron chi connectivity index (χ4n) is 2.16. The second-order valence-electron chi connectivity index (χ2n) is 6.79. The Morgan fingerprint density at radius 1 is 1.04 bits per heavy atom. The number of hydrogen-bond donors (Lipinski definition) is 2. The minimum Gasteiger partial charge on any atom is -0.508 e. The number of carbonyl (C=O) groups excluding carboxylic acids is 1. The average Bonchev–Trinajstić information content (AvgIpc) is 2.53. The van der Waals surface area contributed by atoms with Gasteiger partial charge in [-0.15, -0.1) is 0 Å². The van der Waals surface area contributed by atoms with Crippen LogP contribution in [0.5, 0.6) is 11.5 Å². The molecule has 140 valence electrons. The van der Waals surface area contributed by atoms with Crippen LogP contribution in [-0.4, -0.2) is 34.0 Å². The third-order valence-corrected chi connectivity index (χ3v) is 3.34. The summed E-state index contributed by atoms with van der Waals surface area (Å²) in [5.74, 6) is -0.0642. The number of esters is 1. The van der Waals surface area contributed by atoms with Gasteiger partial charge in [-0.25, -0.2) is 4.79 Å². The molecule has 2 aromatic carbocycles. The molecule has 0 saturated heterocycles. The van der Waals surface area contributed by atoms with Crippen molar-refractivity contribution >= 4 is 12.2 Å². The van der Waals surface area contributed by atoms with Gasteiger partial charge < -0.3 is 14.9 Å². The minimum atomic E-state index is -0.697. The number of nitrogens with zero attached hydrogens (tertiary/aromatic N) is 1. The number of ether oxygens (including phenoxy) is 1. The monoisotopic (exact) mass is 357 g/mol. The largest absolute Gasteiger partial charge is 0.508 e. The van der Waals surface area contributed by atoms with Crippen LogP contribution < -0.4 is 0 Å². The summed E-state index contributed by atoms with van der Waals surface area (Å²) >= 11 is 0. The lowest BCUT2D eigenvalue weighted by molar-refractivity contribution is -0.156. The predicted molar refractivity (Wildman–Crippen MR) is 104 cm³/mol. The predicted octanol–water partition coefficient (Wildman–Crippen LogP) is 4.11. The smallest absolute Gasteiger partial charge is 0.331 e. The van der Waals surface area contributed by atoms with Crippen LogP contribution >= 0.6 is 0 Å². The molecule has 0 saturated carbocycles. The van der Waals surface area contributed by atoms with Crippen molar-refractivity contribution in [1.29, 1.82) is 0 Å². The Morgan fingerprint density at radius 2 is 1.54 bits per heavy atom. The minimum absolute atomic E-state index is 0. The highest BCUT2D eigenvalue weighted by Gasteiger charge is 2.24. The lowest BCUT2D eigenvalue weighted by atomic mass is 10.1. The average molecular weight is 357 g/mol. The number of aliphatic imine (C=N–C) groups is 1. The molecule has 0 aliphatic heterocycles. The van der Waals surface area contributed by atoms with Crippen molar-refractivity contribution in [3.05, 3.63) is 59.7 Å². The number of carbonyl (C=O) groups is 1. The summed E-state index contributed by atoms with van der Waals surface area (Å²) in [4.78, 5) is 16.9. The second kappa shape index (κ2) is 9.04. The van der Waals surface area contributed by atoms with Crippen LogP contribution in [0, 0.1) is 0 Å². The van der Waals surface area contributed by atoms with Gasteiger partial charge in [0.05, 0.1) is 0 Å². The molecule has 0 unspecified atom stereocenters. The van der Waals surface area contributed by atoms with E-state index in [4.69, 9.17) is 4.74 Å². The Balaban J connectivity index is 0.00000338. The van der Waals surface area contributed by atoms with E-state index < -0.39 is 17.6 Å². The summed E-state index contributed by atoms with van der Waals surface area (Å²) in [5.41, 5.74) is 1.05. The van der Waals surface area contributed by atoms with E-state index in [9.17, 15) is 15.0 Å². The van der Waals surface area contributed by atoms with Gasteiger partial charge in [-0.3, -0.25) is 4.99 Å². The Labute approximate surface area is 155 Å². The third-order valence-electron chi connectivity index (χ3n) is 3.34. The zero-order chi connectivity index (χ0) is 18.4. The number of phenols is 2. The fraction of sp³-hybridized carbons (Fsp3) is 0.333. The van der Waals surface area contributed by atoms with E-state index in [-0.39, 0.29) is 18.9 Å². The van der Waals surface area contributed by atoms with E-state index in [0.717, 1.165) is 11.1 Å². The van der Waals surface area contributed by atoms with Crippen LogP contribution in [0.3, 0.4) is 0 Å². The zero-order valence-corrected chi connectivity index (χ0v) is 14.6. The lowest BCUT2D eigenvalue weighted by Gasteiger charge is -2.22. The Kier molecular flexibility index (Phi) is 7.38. The number of phenolic OH excluding ortho intramolecular Hbond substituents is 2. The normalized spacial score (nSPS) is 12.4. The van der Waals surface area contributed by atoms with E-state index in [1.54, 1.807) is 54.7 Å².